The van der Waals surface area contributed by atoms with Crippen molar-refractivity contribution in [2.45, 2.75) is 25.3 Å². The lowest BCUT2D eigenvalue weighted by Crippen LogP contribution is -2.35. The number of carboxylic acid groups (broad SMARTS) is 1. The maximum absolute atomic E-state index is 13.5. The fourth-order valence-electron chi connectivity index (χ4n) is 3.53. The molecule has 3 unspecified atom stereocenters. The zero-order chi connectivity index (χ0) is 19.8. The third kappa shape index (κ3) is 3.52. The topological polar surface area (TPSA) is 84.9 Å². The second kappa shape index (κ2) is 7.14. The first kappa shape index (κ1) is 18.3. The summed E-state index contributed by atoms with van der Waals surface area (Å²) >= 11 is 0. The standard InChI is InChI=1S/C21H20FNO5/c1-11-8-13(2-4-16(11)22)19(21(25)26)23-20(24)15-10-14(15)12-3-5-17-18(9-12)28-7-6-27-17/h2-5,8-9,14-15,19H,6-7,10H2,1H3,(H,23,24)(H,25,26). The van der Waals surface area contributed by atoms with Crippen molar-refractivity contribution >= 4 is 11.9 Å². The van der Waals surface area contributed by atoms with Crippen LogP contribution in [0.5, 0.6) is 11.5 Å². The highest BCUT2D eigenvalue weighted by molar-refractivity contribution is 5.88. The Morgan fingerprint density at radius 3 is 2.61 bits per heavy atom. The largest absolute Gasteiger partial charge is 0.486 e. The van der Waals surface area contributed by atoms with Gasteiger partial charge in [-0.25, -0.2) is 9.18 Å². The van der Waals surface area contributed by atoms with E-state index in [0.29, 0.717) is 42.3 Å². The molecule has 1 saturated carbocycles. The number of benzene rings is 2. The van der Waals surface area contributed by atoms with Crippen LogP contribution in [0, 0.1) is 18.7 Å². The molecular weight excluding hydrogens is 365 g/mol. The summed E-state index contributed by atoms with van der Waals surface area (Å²) in [6.45, 7) is 2.56. The fourth-order valence-corrected chi connectivity index (χ4v) is 3.53. The Kier molecular flexibility index (Phi) is 4.66. The maximum Gasteiger partial charge on any atom is 0.330 e. The molecule has 2 aliphatic rings. The van der Waals surface area contributed by atoms with Gasteiger partial charge in [0.05, 0.1) is 0 Å². The molecule has 0 radical (unpaired) electrons. The van der Waals surface area contributed by atoms with E-state index in [0.717, 1.165) is 5.56 Å². The van der Waals surface area contributed by atoms with Crippen LogP contribution in [0.15, 0.2) is 36.4 Å². The molecule has 0 spiro atoms. The average Bonchev–Trinajstić information content (AvgIpc) is 3.48. The normalized spacial score (nSPS) is 20.9. The van der Waals surface area contributed by atoms with Crippen molar-refractivity contribution in [1.82, 2.24) is 5.32 Å². The number of halogens is 1. The lowest BCUT2D eigenvalue weighted by molar-refractivity contribution is -0.142. The summed E-state index contributed by atoms with van der Waals surface area (Å²) in [5.41, 5.74) is 1.64. The van der Waals surface area contributed by atoms with Crippen molar-refractivity contribution in [3.05, 3.63) is 58.9 Å². The van der Waals surface area contributed by atoms with Crippen molar-refractivity contribution < 1.29 is 28.6 Å². The number of carbonyl (C=O) groups excluding carboxylic acids is 1. The minimum Gasteiger partial charge on any atom is -0.486 e. The van der Waals surface area contributed by atoms with Crippen LogP contribution in [0.25, 0.3) is 0 Å². The number of carbonyl (C=O) groups is 2. The molecule has 1 fully saturated rings. The van der Waals surface area contributed by atoms with Gasteiger partial charge >= 0.3 is 5.97 Å². The van der Waals surface area contributed by atoms with Crippen molar-refractivity contribution in [2.75, 3.05) is 13.2 Å². The summed E-state index contributed by atoms with van der Waals surface area (Å²) < 4.78 is 24.6. The number of hydrogen-bond acceptors (Lipinski definition) is 4. The number of fused-ring (bicyclic) bond motifs is 1. The van der Waals surface area contributed by atoms with Crippen LogP contribution in [0.4, 0.5) is 4.39 Å². The van der Waals surface area contributed by atoms with Crippen molar-refractivity contribution in [2.24, 2.45) is 5.92 Å². The number of nitrogens with one attached hydrogen (secondary N) is 1. The number of ether oxygens (including phenoxy) is 2. The van der Waals surface area contributed by atoms with E-state index < -0.39 is 17.8 Å². The smallest absolute Gasteiger partial charge is 0.330 e. The number of amides is 1. The zero-order valence-electron chi connectivity index (χ0n) is 15.3. The van der Waals surface area contributed by atoms with Gasteiger partial charge < -0.3 is 19.9 Å². The number of rotatable bonds is 5. The molecule has 3 atom stereocenters. The van der Waals surface area contributed by atoms with E-state index in [1.807, 2.05) is 18.2 Å². The molecule has 1 aliphatic heterocycles. The molecule has 0 saturated heterocycles. The van der Waals surface area contributed by atoms with Crippen LogP contribution >= 0.6 is 0 Å². The minimum absolute atomic E-state index is 0.0141. The van der Waals surface area contributed by atoms with Gasteiger partial charge in [-0.3, -0.25) is 4.79 Å². The number of aliphatic carboxylic acids is 1. The van der Waals surface area contributed by atoms with Gasteiger partial charge in [0.15, 0.2) is 17.5 Å². The summed E-state index contributed by atoms with van der Waals surface area (Å²) in [7, 11) is 0. The van der Waals surface area contributed by atoms with E-state index >= 15 is 0 Å². The van der Waals surface area contributed by atoms with E-state index in [1.54, 1.807) is 6.92 Å². The molecule has 146 valence electrons. The van der Waals surface area contributed by atoms with Crippen molar-refractivity contribution in [3.8, 4) is 11.5 Å². The quantitative estimate of drug-likeness (QED) is 0.827. The van der Waals surface area contributed by atoms with E-state index in [2.05, 4.69) is 5.32 Å². The molecule has 2 N–H and O–H groups in total. The Morgan fingerprint density at radius 2 is 1.89 bits per heavy atom. The molecule has 28 heavy (non-hydrogen) atoms. The monoisotopic (exact) mass is 385 g/mol. The van der Waals surface area contributed by atoms with Gasteiger partial charge in [-0.1, -0.05) is 18.2 Å². The van der Waals surface area contributed by atoms with Crippen molar-refractivity contribution in [1.29, 1.82) is 0 Å². The molecule has 6 nitrogen and oxygen atoms in total. The van der Waals surface area contributed by atoms with E-state index in [-0.39, 0.29) is 17.7 Å². The summed E-state index contributed by atoms with van der Waals surface area (Å²) in [4.78, 5) is 24.3. The molecule has 1 amide bonds. The second-order valence-corrected chi connectivity index (χ2v) is 7.14. The minimum atomic E-state index is -1.21. The Bertz CT molecular complexity index is 944. The zero-order valence-corrected chi connectivity index (χ0v) is 15.3. The van der Waals surface area contributed by atoms with Gasteiger partial charge in [0, 0.05) is 5.92 Å². The summed E-state index contributed by atoms with van der Waals surface area (Å²) in [6, 6.07) is 8.44. The summed E-state index contributed by atoms with van der Waals surface area (Å²) in [6.07, 6.45) is 0.639. The number of hydrogen-bond donors (Lipinski definition) is 2. The van der Waals surface area contributed by atoms with E-state index in [4.69, 9.17) is 9.47 Å². The molecule has 2 aromatic carbocycles. The van der Waals surface area contributed by atoms with Crippen LogP contribution in [0.3, 0.4) is 0 Å². The third-order valence-electron chi connectivity index (χ3n) is 5.17. The Morgan fingerprint density at radius 1 is 1.14 bits per heavy atom. The van der Waals surface area contributed by atoms with Crippen LogP contribution in [-0.4, -0.2) is 30.2 Å². The molecule has 4 rings (SSSR count). The second-order valence-electron chi connectivity index (χ2n) is 7.14. The SMILES string of the molecule is Cc1cc(C(NC(=O)C2CC2c2ccc3c(c2)OCCO3)C(=O)O)ccc1F. The first-order valence-electron chi connectivity index (χ1n) is 9.13. The molecule has 1 heterocycles. The molecule has 0 aromatic heterocycles. The lowest BCUT2D eigenvalue weighted by atomic mass is 10.0. The van der Waals surface area contributed by atoms with Crippen LogP contribution in [-0.2, 0) is 9.59 Å². The third-order valence-corrected chi connectivity index (χ3v) is 5.17. The first-order valence-corrected chi connectivity index (χ1v) is 9.13. The van der Waals surface area contributed by atoms with E-state index in [9.17, 15) is 19.1 Å². The Labute approximate surface area is 161 Å². The number of carboxylic acids is 1. The lowest BCUT2D eigenvalue weighted by Gasteiger charge is -2.19. The van der Waals surface area contributed by atoms with Gasteiger partial charge in [0.1, 0.15) is 19.0 Å². The highest BCUT2D eigenvalue weighted by Gasteiger charge is 2.45. The number of aryl methyl sites for hydroxylation is 1. The Hall–Kier alpha value is -3.09. The molecule has 7 heteroatoms. The van der Waals surface area contributed by atoms with Gasteiger partial charge in [0.25, 0.3) is 0 Å². The molecular formula is C21H20FNO5. The first-order chi connectivity index (χ1) is 13.4. The maximum atomic E-state index is 13.5. The fraction of sp³-hybridized carbons (Fsp3) is 0.333. The van der Waals surface area contributed by atoms with Crippen molar-refractivity contribution in [3.63, 3.8) is 0 Å². The van der Waals surface area contributed by atoms with Crippen LogP contribution < -0.4 is 14.8 Å². The highest BCUT2D eigenvalue weighted by Crippen LogP contribution is 2.49. The van der Waals surface area contributed by atoms with Gasteiger partial charge in [-0.2, -0.15) is 0 Å². The predicted octanol–water partition coefficient (Wildman–Crippen LogP) is 2.95. The summed E-state index contributed by atoms with van der Waals surface area (Å²) in [5, 5.41) is 12.1. The van der Waals surface area contributed by atoms with Gasteiger partial charge in [-0.15, -0.1) is 0 Å². The molecule has 2 aromatic rings. The summed E-state index contributed by atoms with van der Waals surface area (Å²) in [5.74, 6) is -0.856. The average molecular weight is 385 g/mol. The predicted molar refractivity (Wildman–Crippen MR) is 97.9 cm³/mol. The molecule has 1 aliphatic carbocycles. The Balaban J connectivity index is 1.46. The van der Waals surface area contributed by atoms with E-state index in [1.165, 1.54) is 18.2 Å². The highest BCUT2D eigenvalue weighted by atomic mass is 19.1. The molecule has 0 bridgehead atoms. The van der Waals surface area contributed by atoms with Gasteiger partial charge in [-0.05, 0) is 54.2 Å². The van der Waals surface area contributed by atoms with Crippen LogP contribution in [0.2, 0.25) is 0 Å². The van der Waals surface area contributed by atoms with Gasteiger partial charge in [0.2, 0.25) is 5.91 Å². The van der Waals surface area contributed by atoms with Crippen LogP contribution in [0.1, 0.15) is 35.1 Å².